The number of rotatable bonds is 11. The minimum absolute atomic E-state index is 0.0771. The van der Waals surface area contributed by atoms with E-state index < -0.39 is 11.6 Å². The molecule has 4 heteroatoms. The van der Waals surface area contributed by atoms with Gasteiger partial charge in [0.05, 0.1) is 0 Å². The zero-order chi connectivity index (χ0) is 17.9. The van der Waals surface area contributed by atoms with Crippen molar-refractivity contribution in [3.8, 4) is 0 Å². The van der Waals surface area contributed by atoms with Crippen molar-refractivity contribution in [1.29, 1.82) is 0 Å². The average Bonchev–Trinajstić information content (AvgIpc) is 2.45. The van der Waals surface area contributed by atoms with Crippen LogP contribution in [0, 0.1) is 0 Å². The quantitative estimate of drug-likeness (QED) is 0.408. The van der Waals surface area contributed by atoms with Gasteiger partial charge in [0.2, 0.25) is 5.91 Å². The fraction of sp³-hybridized carbons (Fsp3) is 0.895. The predicted molar refractivity (Wildman–Crippen MR) is 95.3 cm³/mol. The highest BCUT2D eigenvalue weighted by Crippen LogP contribution is 2.14. The minimum Gasteiger partial charge on any atom is -0.458 e. The first kappa shape index (κ1) is 21.9. The number of hydrogen-bond donors (Lipinski definition) is 0. The van der Waals surface area contributed by atoms with Crippen LogP contribution in [0.25, 0.3) is 0 Å². The average molecular weight is 328 g/mol. The number of unbranched alkanes of at least 4 members (excludes halogenated alkanes) is 5. The Labute approximate surface area is 143 Å². The van der Waals surface area contributed by atoms with Gasteiger partial charge in [-0.1, -0.05) is 46.0 Å². The second kappa shape index (κ2) is 11.5. The van der Waals surface area contributed by atoms with Gasteiger partial charge >= 0.3 is 5.97 Å². The van der Waals surface area contributed by atoms with E-state index in [4.69, 9.17) is 4.74 Å². The summed E-state index contributed by atoms with van der Waals surface area (Å²) in [5, 5.41) is 0. The van der Waals surface area contributed by atoms with Gasteiger partial charge in [-0.3, -0.25) is 4.79 Å². The smallest absolute Gasteiger partial charge is 0.329 e. The molecule has 0 radical (unpaired) electrons. The highest BCUT2D eigenvalue weighted by Gasteiger charge is 2.29. The molecule has 0 rings (SSSR count). The highest BCUT2D eigenvalue weighted by molar-refractivity contribution is 5.84. The van der Waals surface area contributed by atoms with Crippen LogP contribution in [0.3, 0.4) is 0 Å². The van der Waals surface area contributed by atoms with Crippen molar-refractivity contribution in [2.45, 2.75) is 105 Å². The summed E-state index contributed by atoms with van der Waals surface area (Å²) in [4.78, 5) is 26.5. The summed E-state index contributed by atoms with van der Waals surface area (Å²) in [7, 11) is 0. The molecule has 0 fully saturated rings. The lowest BCUT2D eigenvalue weighted by Gasteiger charge is -2.30. The molecule has 0 aromatic rings. The molecule has 0 saturated carbocycles. The topological polar surface area (TPSA) is 46.6 Å². The van der Waals surface area contributed by atoms with Crippen molar-refractivity contribution in [1.82, 2.24) is 4.90 Å². The van der Waals surface area contributed by atoms with Crippen molar-refractivity contribution in [3.05, 3.63) is 0 Å². The minimum atomic E-state index is -0.523. The second-order valence-corrected chi connectivity index (χ2v) is 7.31. The molecular weight excluding hydrogens is 290 g/mol. The van der Waals surface area contributed by atoms with Gasteiger partial charge in [0.1, 0.15) is 11.6 Å². The van der Waals surface area contributed by atoms with Crippen molar-refractivity contribution < 1.29 is 14.3 Å². The first-order chi connectivity index (χ1) is 10.7. The number of carbonyl (C=O) groups is 2. The zero-order valence-corrected chi connectivity index (χ0v) is 16.1. The Bertz CT molecular complexity index is 347. The number of esters is 1. The van der Waals surface area contributed by atoms with E-state index in [1.54, 1.807) is 11.8 Å². The molecule has 0 saturated heterocycles. The zero-order valence-electron chi connectivity index (χ0n) is 16.1. The molecule has 0 spiro atoms. The maximum absolute atomic E-state index is 12.5. The molecule has 1 amide bonds. The lowest BCUT2D eigenvalue weighted by atomic mass is 10.1. The lowest BCUT2D eigenvalue weighted by molar-refractivity contribution is -0.164. The van der Waals surface area contributed by atoms with E-state index in [-0.39, 0.29) is 11.9 Å². The van der Waals surface area contributed by atoms with E-state index in [2.05, 4.69) is 13.8 Å². The Morgan fingerprint density at radius 3 is 2.04 bits per heavy atom. The van der Waals surface area contributed by atoms with Crippen LogP contribution in [0.15, 0.2) is 0 Å². The molecule has 136 valence electrons. The summed E-state index contributed by atoms with van der Waals surface area (Å²) >= 11 is 0. The van der Waals surface area contributed by atoms with Crippen LogP contribution in [-0.4, -0.2) is 35.0 Å². The number of hydrogen-bond acceptors (Lipinski definition) is 3. The van der Waals surface area contributed by atoms with Crippen molar-refractivity contribution >= 4 is 11.9 Å². The van der Waals surface area contributed by atoms with Gasteiger partial charge in [-0.2, -0.15) is 0 Å². The molecule has 0 N–H and O–H groups in total. The lowest BCUT2D eigenvalue weighted by Crippen LogP contribution is -2.46. The molecule has 0 aromatic carbocycles. The van der Waals surface area contributed by atoms with Crippen LogP contribution < -0.4 is 0 Å². The normalized spacial score (nSPS) is 12.8. The van der Waals surface area contributed by atoms with Crippen LogP contribution in [0.1, 0.15) is 92.9 Å². The third kappa shape index (κ3) is 10.4. The summed E-state index contributed by atoms with van der Waals surface area (Å²) < 4.78 is 5.44. The molecule has 0 aliphatic rings. The van der Waals surface area contributed by atoms with E-state index in [0.717, 1.165) is 25.7 Å². The van der Waals surface area contributed by atoms with Crippen molar-refractivity contribution in [2.24, 2.45) is 0 Å². The van der Waals surface area contributed by atoms with Gasteiger partial charge in [0.25, 0.3) is 0 Å². The Morgan fingerprint density at radius 2 is 1.52 bits per heavy atom. The van der Waals surface area contributed by atoms with Gasteiger partial charge in [-0.25, -0.2) is 4.79 Å². The van der Waals surface area contributed by atoms with Gasteiger partial charge in [0.15, 0.2) is 0 Å². The van der Waals surface area contributed by atoms with Gasteiger partial charge < -0.3 is 9.64 Å². The number of carbonyl (C=O) groups excluding carboxylic acids is 2. The summed E-state index contributed by atoms with van der Waals surface area (Å²) in [6.45, 7) is 12.2. The maximum Gasteiger partial charge on any atom is 0.329 e. The van der Waals surface area contributed by atoms with E-state index in [1.165, 1.54) is 19.3 Å². The second-order valence-electron chi connectivity index (χ2n) is 7.31. The van der Waals surface area contributed by atoms with Crippen LogP contribution in [0.4, 0.5) is 0 Å². The third-order valence-corrected chi connectivity index (χ3v) is 3.78. The Morgan fingerprint density at radius 1 is 0.957 bits per heavy atom. The molecular formula is C19H37NO3. The first-order valence-electron chi connectivity index (χ1n) is 9.25. The fourth-order valence-corrected chi connectivity index (χ4v) is 2.40. The van der Waals surface area contributed by atoms with Gasteiger partial charge in [-0.05, 0) is 40.5 Å². The van der Waals surface area contributed by atoms with Crippen LogP contribution in [0.2, 0.25) is 0 Å². The molecule has 4 nitrogen and oxygen atoms in total. The number of ether oxygens (including phenoxy) is 1. The molecule has 1 atom stereocenters. The summed E-state index contributed by atoms with van der Waals surface area (Å²) in [6.07, 6.45) is 8.04. The summed E-state index contributed by atoms with van der Waals surface area (Å²) in [5.74, 6) is -0.235. The standard InChI is InChI=1S/C19H37NO3/c1-7-9-11-12-13-14-17(21)20(15-10-8-2)16(3)18(22)23-19(4,5)6/h16H,7-15H2,1-6H3. The van der Waals surface area contributed by atoms with Gasteiger partial charge in [-0.15, -0.1) is 0 Å². The summed E-state index contributed by atoms with van der Waals surface area (Å²) in [6, 6.07) is -0.510. The molecule has 0 bridgehead atoms. The van der Waals surface area contributed by atoms with Crippen LogP contribution >= 0.6 is 0 Å². The largest absolute Gasteiger partial charge is 0.458 e. The molecule has 0 aliphatic carbocycles. The number of amides is 1. The Hall–Kier alpha value is -1.06. The van der Waals surface area contributed by atoms with E-state index in [1.807, 2.05) is 20.8 Å². The molecule has 0 aliphatic heterocycles. The SMILES string of the molecule is CCCCCCCC(=O)N(CCCC)C(C)C(=O)OC(C)(C)C. The maximum atomic E-state index is 12.5. The Balaban J connectivity index is 4.58. The van der Waals surface area contributed by atoms with Crippen LogP contribution in [0.5, 0.6) is 0 Å². The third-order valence-electron chi connectivity index (χ3n) is 3.78. The van der Waals surface area contributed by atoms with E-state index >= 15 is 0 Å². The monoisotopic (exact) mass is 327 g/mol. The van der Waals surface area contributed by atoms with E-state index in [0.29, 0.717) is 13.0 Å². The Kier molecular flexibility index (Phi) is 10.9. The van der Waals surface area contributed by atoms with Crippen LogP contribution in [-0.2, 0) is 14.3 Å². The molecule has 23 heavy (non-hydrogen) atoms. The fourth-order valence-electron chi connectivity index (χ4n) is 2.40. The molecule has 1 unspecified atom stereocenters. The molecule has 0 aromatic heterocycles. The van der Waals surface area contributed by atoms with E-state index in [9.17, 15) is 9.59 Å². The highest BCUT2D eigenvalue weighted by atomic mass is 16.6. The van der Waals surface area contributed by atoms with Gasteiger partial charge in [0, 0.05) is 13.0 Å². The first-order valence-corrected chi connectivity index (χ1v) is 9.25. The van der Waals surface area contributed by atoms with Crippen molar-refractivity contribution in [3.63, 3.8) is 0 Å². The predicted octanol–water partition coefficient (Wildman–Crippen LogP) is 4.71. The van der Waals surface area contributed by atoms with Crippen molar-refractivity contribution in [2.75, 3.05) is 6.54 Å². The molecule has 0 heterocycles. The summed E-state index contributed by atoms with van der Waals surface area (Å²) in [5.41, 5.74) is -0.523. The number of nitrogens with zero attached hydrogens (tertiary/aromatic N) is 1.